The molecule has 2 aromatic heterocycles. The smallest absolute Gasteiger partial charge is 0.409 e. The van der Waals surface area contributed by atoms with E-state index in [2.05, 4.69) is 10.3 Å². The van der Waals surface area contributed by atoms with Crippen LogP contribution in [0.3, 0.4) is 0 Å². The first-order chi connectivity index (χ1) is 15.3. The Hall–Kier alpha value is -3.14. The number of hydrogen-bond donors (Lipinski definition) is 1. The molecule has 0 aliphatic carbocycles. The minimum atomic E-state index is -0.403. The number of aryl methyl sites for hydroxylation is 2. The molecule has 1 amide bonds. The summed E-state index contributed by atoms with van der Waals surface area (Å²) in [7, 11) is 4.62. The van der Waals surface area contributed by atoms with Gasteiger partial charge in [0.1, 0.15) is 11.5 Å². The van der Waals surface area contributed by atoms with Crippen molar-refractivity contribution in [2.45, 2.75) is 39.3 Å². The summed E-state index contributed by atoms with van der Waals surface area (Å²) in [6, 6.07) is 3.31. The van der Waals surface area contributed by atoms with E-state index in [-0.39, 0.29) is 17.7 Å². The lowest BCUT2D eigenvalue weighted by Gasteiger charge is -2.24. The lowest BCUT2D eigenvalue weighted by molar-refractivity contribution is 0.0613. The summed E-state index contributed by atoms with van der Waals surface area (Å²) in [6.45, 7) is 7.04. The molecule has 3 rings (SSSR count). The highest BCUT2D eigenvalue weighted by atomic mass is 16.5. The van der Waals surface area contributed by atoms with Crippen molar-refractivity contribution in [1.82, 2.24) is 19.4 Å². The van der Waals surface area contributed by atoms with Gasteiger partial charge in [0, 0.05) is 31.8 Å². The molecular weight excluding hydrogens is 414 g/mol. The minimum Gasteiger partial charge on any atom is -0.481 e. The van der Waals surface area contributed by atoms with Crippen molar-refractivity contribution >= 4 is 11.9 Å². The fraction of sp³-hybridized carbons (Fsp3) is 0.545. The number of carbonyl (C=O) groups is 1. The number of pyridine rings is 1. The third-order valence-corrected chi connectivity index (χ3v) is 5.62. The SMILES string of the molecule is CCO[C@@H]1CN(C(=O)OC)C[C@@H]1Nc1c(CC)nc(-c2ccc(OC)nc2C)c(=O)n1C. The molecule has 0 aromatic carbocycles. The van der Waals surface area contributed by atoms with E-state index >= 15 is 0 Å². The van der Waals surface area contributed by atoms with Crippen molar-refractivity contribution in [1.29, 1.82) is 0 Å². The number of likely N-dealkylation sites (tertiary alicyclic amines) is 1. The van der Waals surface area contributed by atoms with Crippen molar-refractivity contribution in [3.63, 3.8) is 0 Å². The number of aromatic nitrogens is 3. The first-order valence-corrected chi connectivity index (χ1v) is 10.7. The van der Waals surface area contributed by atoms with Crippen molar-refractivity contribution in [2.75, 3.05) is 39.2 Å². The van der Waals surface area contributed by atoms with Gasteiger partial charge in [0.15, 0.2) is 0 Å². The summed E-state index contributed by atoms with van der Waals surface area (Å²) in [5.41, 5.74) is 2.17. The Labute approximate surface area is 187 Å². The molecule has 0 saturated carbocycles. The van der Waals surface area contributed by atoms with Crippen LogP contribution in [0.5, 0.6) is 5.88 Å². The Morgan fingerprint density at radius 1 is 1.22 bits per heavy atom. The summed E-state index contributed by atoms with van der Waals surface area (Å²) >= 11 is 0. The predicted octanol–water partition coefficient (Wildman–Crippen LogP) is 1.99. The molecule has 0 unspecified atom stereocenters. The molecule has 32 heavy (non-hydrogen) atoms. The third-order valence-electron chi connectivity index (χ3n) is 5.62. The zero-order chi connectivity index (χ0) is 23.4. The summed E-state index contributed by atoms with van der Waals surface area (Å²) in [6.07, 6.45) is -0.0232. The third kappa shape index (κ3) is 4.55. The van der Waals surface area contributed by atoms with Gasteiger partial charge in [-0.2, -0.15) is 0 Å². The number of rotatable bonds is 7. The van der Waals surface area contributed by atoms with Crippen LogP contribution in [0.15, 0.2) is 16.9 Å². The van der Waals surface area contributed by atoms with E-state index in [9.17, 15) is 9.59 Å². The van der Waals surface area contributed by atoms with Gasteiger partial charge in [0.05, 0.1) is 44.3 Å². The van der Waals surface area contributed by atoms with Gasteiger partial charge in [-0.25, -0.2) is 14.8 Å². The lowest BCUT2D eigenvalue weighted by atomic mass is 10.1. The number of nitrogens with one attached hydrogen (secondary N) is 1. The van der Waals surface area contributed by atoms with E-state index in [1.807, 2.05) is 20.8 Å². The summed E-state index contributed by atoms with van der Waals surface area (Å²) < 4.78 is 17.4. The molecule has 10 heteroatoms. The number of anilines is 1. The average molecular weight is 446 g/mol. The Morgan fingerprint density at radius 3 is 2.56 bits per heavy atom. The highest BCUT2D eigenvalue weighted by Gasteiger charge is 2.37. The lowest BCUT2D eigenvalue weighted by Crippen LogP contribution is -2.37. The molecule has 0 radical (unpaired) electrons. The Bertz CT molecular complexity index is 1040. The second kappa shape index (κ2) is 9.99. The van der Waals surface area contributed by atoms with E-state index in [0.717, 1.165) is 5.69 Å². The first kappa shape index (κ1) is 23.5. The van der Waals surface area contributed by atoms with Crippen LogP contribution in [0.2, 0.25) is 0 Å². The monoisotopic (exact) mass is 445 g/mol. The molecular formula is C22H31N5O5. The van der Waals surface area contributed by atoms with E-state index in [0.29, 0.717) is 54.8 Å². The number of carbonyl (C=O) groups excluding carboxylic acids is 1. The first-order valence-electron chi connectivity index (χ1n) is 10.7. The molecule has 0 bridgehead atoms. The van der Waals surface area contributed by atoms with Crippen molar-refractivity contribution in [2.24, 2.45) is 7.05 Å². The topological polar surface area (TPSA) is 108 Å². The van der Waals surface area contributed by atoms with Crippen LogP contribution >= 0.6 is 0 Å². The van der Waals surface area contributed by atoms with Gasteiger partial charge in [-0.15, -0.1) is 0 Å². The predicted molar refractivity (Wildman–Crippen MR) is 120 cm³/mol. The fourth-order valence-electron chi connectivity index (χ4n) is 3.94. The standard InChI is InChI=1S/C22H31N5O5/c1-7-15-20(25-16-11-27(22(29)31-6)12-17(16)32-8-2)26(4)21(28)19(24-15)14-9-10-18(30-5)23-13(14)3/h9-10,16-17,25H,7-8,11-12H2,1-6H3/t16-,17+/m0/s1. The normalized spacial score (nSPS) is 18.0. The van der Waals surface area contributed by atoms with Crippen LogP contribution in [0.1, 0.15) is 25.2 Å². The molecule has 2 aromatic rings. The maximum Gasteiger partial charge on any atom is 0.409 e. The van der Waals surface area contributed by atoms with E-state index in [1.54, 1.807) is 35.8 Å². The zero-order valence-electron chi connectivity index (χ0n) is 19.5. The fourth-order valence-corrected chi connectivity index (χ4v) is 3.94. The second-order valence-electron chi connectivity index (χ2n) is 7.58. The van der Waals surface area contributed by atoms with Gasteiger partial charge in [-0.05, 0) is 26.3 Å². The quantitative estimate of drug-likeness (QED) is 0.689. The van der Waals surface area contributed by atoms with Crippen LogP contribution in [0.4, 0.5) is 10.6 Å². The highest BCUT2D eigenvalue weighted by Crippen LogP contribution is 2.25. The van der Waals surface area contributed by atoms with Gasteiger partial charge in [0.2, 0.25) is 5.88 Å². The minimum absolute atomic E-state index is 0.206. The Kier molecular flexibility index (Phi) is 7.34. The van der Waals surface area contributed by atoms with Gasteiger partial charge >= 0.3 is 6.09 Å². The molecule has 3 heterocycles. The molecule has 2 atom stereocenters. The maximum atomic E-state index is 13.3. The maximum absolute atomic E-state index is 13.3. The van der Waals surface area contributed by atoms with Gasteiger partial charge < -0.3 is 24.4 Å². The van der Waals surface area contributed by atoms with Gasteiger partial charge in [0.25, 0.3) is 5.56 Å². The summed E-state index contributed by atoms with van der Waals surface area (Å²) in [5, 5.41) is 3.42. The molecule has 0 spiro atoms. The molecule has 10 nitrogen and oxygen atoms in total. The molecule has 1 aliphatic heterocycles. The van der Waals surface area contributed by atoms with Crippen molar-refractivity contribution in [3.8, 4) is 17.1 Å². The van der Waals surface area contributed by atoms with Crippen LogP contribution in [-0.4, -0.2) is 71.6 Å². The Morgan fingerprint density at radius 2 is 1.97 bits per heavy atom. The average Bonchev–Trinajstić information content (AvgIpc) is 3.19. The van der Waals surface area contributed by atoms with E-state index < -0.39 is 6.09 Å². The molecule has 1 saturated heterocycles. The molecule has 174 valence electrons. The highest BCUT2D eigenvalue weighted by molar-refractivity contribution is 5.68. The Balaban J connectivity index is 1.98. The van der Waals surface area contributed by atoms with Crippen LogP contribution < -0.4 is 15.6 Å². The van der Waals surface area contributed by atoms with Gasteiger partial charge in [-0.3, -0.25) is 9.36 Å². The largest absolute Gasteiger partial charge is 0.481 e. The zero-order valence-corrected chi connectivity index (χ0v) is 19.5. The number of hydrogen-bond acceptors (Lipinski definition) is 8. The second-order valence-corrected chi connectivity index (χ2v) is 7.58. The van der Waals surface area contributed by atoms with Crippen molar-refractivity contribution < 1.29 is 19.0 Å². The van der Waals surface area contributed by atoms with E-state index in [1.165, 1.54) is 7.11 Å². The van der Waals surface area contributed by atoms with E-state index in [4.69, 9.17) is 19.2 Å². The number of nitrogens with zero attached hydrogens (tertiary/aromatic N) is 4. The van der Waals surface area contributed by atoms with Crippen molar-refractivity contribution in [3.05, 3.63) is 33.9 Å². The number of ether oxygens (including phenoxy) is 3. The number of amides is 1. The molecule has 1 aliphatic rings. The summed E-state index contributed by atoms with van der Waals surface area (Å²) in [5.74, 6) is 1.09. The van der Waals surface area contributed by atoms with Crippen LogP contribution in [-0.2, 0) is 22.9 Å². The number of methoxy groups -OCH3 is 2. The molecule has 1 fully saturated rings. The van der Waals surface area contributed by atoms with Gasteiger partial charge in [-0.1, -0.05) is 6.92 Å². The summed E-state index contributed by atoms with van der Waals surface area (Å²) in [4.78, 5) is 35.9. The molecule has 1 N–H and O–H groups in total. The van der Waals surface area contributed by atoms with Crippen LogP contribution in [0.25, 0.3) is 11.3 Å². The van der Waals surface area contributed by atoms with Crippen LogP contribution in [0, 0.1) is 6.92 Å².